The third-order valence-corrected chi connectivity index (χ3v) is 4.59. The van der Waals surface area contributed by atoms with Gasteiger partial charge in [-0.05, 0) is 31.6 Å². The summed E-state index contributed by atoms with van der Waals surface area (Å²) in [6.07, 6.45) is 6.02. The van der Waals surface area contributed by atoms with Crippen molar-refractivity contribution in [1.82, 2.24) is 9.80 Å². The van der Waals surface area contributed by atoms with Gasteiger partial charge < -0.3 is 9.80 Å². The molecule has 0 aromatic heterocycles. The van der Waals surface area contributed by atoms with Gasteiger partial charge in [-0.15, -0.1) is 0 Å². The van der Waals surface area contributed by atoms with Gasteiger partial charge in [0.2, 0.25) is 0 Å². The fourth-order valence-electron chi connectivity index (χ4n) is 3.21. The highest BCUT2D eigenvalue weighted by atomic mass is 16.1. The number of carbonyl (C=O) groups is 1. The van der Waals surface area contributed by atoms with E-state index in [0.717, 1.165) is 31.7 Å². The molecule has 1 saturated heterocycles. The number of piperazine rings is 1. The van der Waals surface area contributed by atoms with Crippen LogP contribution >= 0.6 is 0 Å². The second-order valence-electron chi connectivity index (χ2n) is 6.10. The van der Waals surface area contributed by atoms with Gasteiger partial charge in [0.05, 0.1) is 0 Å². The standard InChI is InChI=1S/C14H24N2O/c17-14-3-1-2-13(14)11-16-8-6-15(7-9-16)10-12-4-5-12/h12-13H,1-11H2. The van der Waals surface area contributed by atoms with Crippen LogP contribution in [0.2, 0.25) is 0 Å². The van der Waals surface area contributed by atoms with E-state index >= 15 is 0 Å². The molecule has 0 aromatic carbocycles. The number of carbonyl (C=O) groups excluding carboxylic acids is 1. The maximum absolute atomic E-state index is 11.6. The van der Waals surface area contributed by atoms with Crippen molar-refractivity contribution in [1.29, 1.82) is 0 Å². The minimum atomic E-state index is 0.366. The Hall–Kier alpha value is -0.410. The molecule has 96 valence electrons. The first-order chi connectivity index (χ1) is 8.31. The second-order valence-corrected chi connectivity index (χ2v) is 6.10. The van der Waals surface area contributed by atoms with Gasteiger partial charge in [0, 0.05) is 51.6 Å². The summed E-state index contributed by atoms with van der Waals surface area (Å²) in [7, 11) is 0. The highest BCUT2D eigenvalue weighted by Crippen LogP contribution is 2.30. The molecule has 1 atom stereocenters. The lowest BCUT2D eigenvalue weighted by atomic mass is 10.1. The normalized spacial score (nSPS) is 32.2. The zero-order valence-corrected chi connectivity index (χ0v) is 10.7. The molecular formula is C14H24N2O. The van der Waals surface area contributed by atoms with Crippen LogP contribution in [-0.2, 0) is 4.79 Å². The molecule has 0 spiro atoms. The van der Waals surface area contributed by atoms with Crippen molar-refractivity contribution in [2.75, 3.05) is 39.3 Å². The third-order valence-electron chi connectivity index (χ3n) is 4.59. The number of nitrogens with zero attached hydrogens (tertiary/aromatic N) is 2. The summed E-state index contributed by atoms with van der Waals surface area (Å²) >= 11 is 0. The van der Waals surface area contributed by atoms with Crippen LogP contribution in [0.15, 0.2) is 0 Å². The molecule has 0 bridgehead atoms. The summed E-state index contributed by atoms with van der Waals surface area (Å²) in [5.41, 5.74) is 0. The van der Waals surface area contributed by atoms with Crippen LogP contribution in [-0.4, -0.2) is 54.9 Å². The second kappa shape index (κ2) is 5.07. The molecule has 1 heterocycles. The largest absolute Gasteiger partial charge is 0.301 e. The van der Waals surface area contributed by atoms with Crippen LogP contribution in [0.25, 0.3) is 0 Å². The number of hydrogen-bond acceptors (Lipinski definition) is 3. The van der Waals surface area contributed by atoms with Crippen LogP contribution in [0.1, 0.15) is 32.1 Å². The molecule has 0 N–H and O–H groups in total. The summed E-state index contributed by atoms with van der Waals surface area (Å²) < 4.78 is 0. The van der Waals surface area contributed by atoms with Crippen molar-refractivity contribution in [3.05, 3.63) is 0 Å². The van der Waals surface area contributed by atoms with E-state index in [9.17, 15) is 4.79 Å². The van der Waals surface area contributed by atoms with E-state index < -0.39 is 0 Å². The van der Waals surface area contributed by atoms with Crippen LogP contribution in [0.3, 0.4) is 0 Å². The Labute approximate surface area is 104 Å². The molecule has 3 nitrogen and oxygen atoms in total. The van der Waals surface area contributed by atoms with E-state index in [1.165, 1.54) is 45.6 Å². The molecule has 0 radical (unpaired) electrons. The summed E-state index contributed by atoms with van der Waals surface area (Å²) in [5, 5.41) is 0. The Balaban J connectivity index is 1.40. The zero-order valence-electron chi connectivity index (χ0n) is 10.7. The van der Waals surface area contributed by atoms with E-state index in [1.54, 1.807) is 0 Å². The molecule has 3 fully saturated rings. The van der Waals surface area contributed by atoms with Crippen LogP contribution in [0, 0.1) is 11.8 Å². The summed E-state index contributed by atoms with van der Waals surface area (Å²) in [6, 6.07) is 0. The van der Waals surface area contributed by atoms with Crippen LogP contribution in [0.4, 0.5) is 0 Å². The van der Waals surface area contributed by atoms with E-state index in [4.69, 9.17) is 0 Å². The Morgan fingerprint density at radius 1 is 0.941 bits per heavy atom. The molecule has 1 aliphatic heterocycles. The van der Waals surface area contributed by atoms with Crippen molar-refractivity contribution in [3.63, 3.8) is 0 Å². The molecule has 2 aliphatic carbocycles. The van der Waals surface area contributed by atoms with Gasteiger partial charge in [-0.1, -0.05) is 0 Å². The van der Waals surface area contributed by atoms with Crippen molar-refractivity contribution in [2.24, 2.45) is 11.8 Å². The summed E-state index contributed by atoms with van der Waals surface area (Å²) in [4.78, 5) is 16.8. The molecule has 3 aliphatic rings. The smallest absolute Gasteiger partial charge is 0.137 e. The molecule has 3 rings (SSSR count). The Morgan fingerprint density at radius 2 is 1.59 bits per heavy atom. The fourth-order valence-corrected chi connectivity index (χ4v) is 3.21. The number of hydrogen-bond donors (Lipinski definition) is 0. The fraction of sp³-hybridized carbons (Fsp3) is 0.929. The molecule has 3 heteroatoms. The van der Waals surface area contributed by atoms with Gasteiger partial charge in [-0.3, -0.25) is 4.79 Å². The predicted octanol–water partition coefficient (Wildman–Crippen LogP) is 1.38. The molecule has 0 aromatic rings. The number of Topliss-reactive ketones (excluding diaryl/α,β-unsaturated/α-hetero) is 1. The zero-order chi connectivity index (χ0) is 11.7. The van der Waals surface area contributed by atoms with Gasteiger partial charge in [0.1, 0.15) is 5.78 Å². The molecular weight excluding hydrogens is 212 g/mol. The van der Waals surface area contributed by atoms with Gasteiger partial charge >= 0.3 is 0 Å². The maximum Gasteiger partial charge on any atom is 0.137 e. The number of rotatable bonds is 4. The van der Waals surface area contributed by atoms with Gasteiger partial charge in [-0.25, -0.2) is 0 Å². The van der Waals surface area contributed by atoms with Crippen LogP contribution in [0.5, 0.6) is 0 Å². The van der Waals surface area contributed by atoms with E-state index in [0.29, 0.717) is 11.7 Å². The van der Waals surface area contributed by atoms with Crippen molar-refractivity contribution >= 4 is 5.78 Å². The third kappa shape index (κ3) is 3.08. The highest BCUT2D eigenvalue weighted by Gasteiger charge is 2.29. The van der Waals surface area contributed by atoms with Crippen LogP contribution < -0.4 is 0 Å². The molecule has 17 heavy (non-hydrogen) atoms. The Morgan fingerprint density at radius 3 is 2.12 bits per heavy atom. The van der Waals surface area contributed by atoms with Crippen molar-refractivity contribution < 1.29 is 4.79 Å². The first kappa shape index (κ1) is 11.7. The van der Waals surface area contributed by atoms with Gasteiger partial charge in [0.15, 0.2) is 0 Å². The average molecular weight is 236 g/mol. The van der Waals surface area contributed by atoms with E-state index in [2.05, 4.69) is 9.80 Å². The minimum absolute atomic E-state index is 0.366. The molecule has 2 saturated carbocycles. The van der Waals surface area contributed by atoms with Crippen molar-refractivity contribution in [3.8, 4) is 0 Å². The topological polar surface area (TPSA) is 23.6 Å². The minimum Gasteiger partial charge on any atom is -0.301 e. The van der Waals surface area contributed by atoms with E-state index in [-0.39, 0.29) is 0 Å². The SMILES string of the molecule is O=C1CCCC1CN1CCN(CC2CC2)CC1. The Bertz CT molecular complexity index is 280. The predicted molar refractivity (Wildman–Crippen MR) is 68.0 cm³/mol. The lowest BCUT2D eigenvalue weighted by Gasteiger charge is -2.35. The number of ketones is 1. The molecule has 0 amide bonds. The average Bonchev–Trinajstić information content (AvgIpc) is 3.06. The summed E-state index contributed by atoms with van der Waals surface area (Å²) in [6.45, 7) is 7.16. The quantitative estimate of drug-likeness (QED) is 0.737. The van der Waals surface area contributed by atoms with E-state index in [1.807, 2.05) is 0 Å². The molecule has 1 unspecified atom stereocenters. The monoisotopic (exact) mass is 236 g/mol. The highest BCUT2D eigenvalue weighted by molar-refractivity contribution is 5.83. The first-order valence-corrected chi connectivity index (χ1v) is 7.28. The van der Waals surface area contributed by atoms with Gasteiger partial charge in [0.25, 0.3) is 0 Å². The van der Waals surface area contributed by atoms with Crippen molar-refractivity contribution in [2.45, 2.75) is 32.1 Å². The Kier molecular flexibility index (Phi) is 3.48. The first-order valence-electron chi connectivity index (χ1n) is 7.28. The maximum atomic E-state index is 11.6. The lowest BCUT2D eigenvalue weighted by molar-refractivity contribution is -0.121. The lowest BCUT2D eigenvalue weighted by Crippen LogP contribution is -2.48. The summed E-state index contributed by atoms with van der Waals surface area (Å²) in [5.74, 6) is 1.90. The van der Waals surface area contributed by atoms with Gasteiger partial charge in [-0.2, -0.15) is 0 Å².